The van der Waals surface area contributed by atoms with Crippen molar-refractivity contribution in [2.75, 3.05) is 19.8 Å². The molecule has 1 heterocycles. The van der Waals surface area contributed by atoms with E-state index in [1.807, 2.05) is 55.5 Å². The molecule has 5 heteroatoms. The number of furan rings is 1. The van der Waals surface area contributed by atoms with Crippen LogP contribution in [0.25, 0.3) is 16.5 Å². The molecule has 152 valence electrons. The summed E-state index contributed by atoms with van der Waals surface area (Å²) in [6.45, 7) is 8.92. The molecule has 3 aromatic rings. The maximum atomic E-state index is 12.0. The van der Waals surface area contributed by atoms with Gasteiger partial charge in [-0.15, -0.1) is 0 Å². The van der Waals surface area contributed by atoms with E-state index in [1.54, 1.807) is 13.2 Å². The predicted octanol–water partition coefficient (Wildman–Crippen LogP) is 5.04. The molecular formula is C24H26O5. The molecule has 29 heavy (non-hydrogen) atoms. The maximum absolute atomic E-state index is 12.0. The second-order valence-electron chi connectivity index (χ2n) is 6.58. The van der Waals surface area contributed by atoms with E-state index in [1.165, 1.54) is 0 Å². The lowest BCUT2D eigenvalue weighted by molar-refractivity contribution is -0.156. The first-order chi connectivity index (χ1) is 14.1. The average molecular weight is 394 g/mol. The standard InChI is InChI=1S/C24H26O5/c1-4-26-23(24(25)27-5-2)14-18-10-12-19(13-11-18)28-15-17(3)21-16-29-22-9-7-6-8-20(21)22/h6-13,16,23H,3-5,14-15H2,1-2H3. The van der Waals surface area contributed by atoms with E-state index in [4.69, 9.17) is 18.6 Å². The van der Waals surface area contributed by atoms with Crippen molar-refractivity contribution in [1.82, 2.24) is 0 Å². The van der Waals surface area contributed by atoms with Gasteiger partial charge < -0.3 is 18.6 Å². The number of hydrogen-bond acceptors (Lipinski definition) is 5. The summed E-state index contributed by atoms with van der Waals surface area (Å²) in [5.41, 5.74) is 3.60. The third kappa shape index (κ3) is 5.27. The Kier molecular flexibility index (Phi) is 7.09. The normalized spacial score (nSPS) is 11.9. The fourth-order valence-corrected chi connectivity index (χ4v) is 3.08. The minimum Gasteiger partial charge on any atom is -0.489 e. The van der Waals surface area contributed by atoms with Gasteiger partial charge >= 0.3 is 5.97 Å². The Morgan fingerprint density at radius 1 is 1.07 bits per heavy atom. The molecule has 0 spiro atoms. The fraction of sp³-hybridized carbons (Fsp3) is 0.292. The van der Waals surface area contributed by atoms with Gasteiger partial charge in [0.15, 0.2) is 6.10 Å². The number of rotatable bonds is 10. The molecule has 0 bridgehead atoms. The second kappa shape index (κ2) is 9.94. The van der Waals surface area contributed by atoms with Crippen LogP contribution in [0.2, 0.25) is 0 Å². The van der Waals surface area contributed by atoms with Gasteiger partial charge in [0.25, 0.3) is 0 Å². The van der Waals surface area contributed by atoms with Gasteiger partial charge in [-0.25, -0.2) is 4.79 Å². The monoisotopic (exact) mass is 394 g/mol. The van der Waals surface area contributed by atoms with E-state index in [0.29, 0.717) is 26.2 Å². The van der Waals surface area contributed by atoms with Crippen molar-refractivity contribution in [3.05, 3.63) is 72.5 Å². The van der Waals surface area contributed by atoms with Crippen molar-refractivity contribution < 1.29 is 23.4 Å². The van der Waals surface area contributed by atoms with Crippen LogP contribution >= 0.6 is 0 Å². The van der Waals surface area contributed by atoms with Crippen molar-refractivity contribution in [3.63, 3.8) is 0 Å². The van der Waals surface area contributed by atoms with Crippen LogP contribution in [0.3, 0.4) is 0 Å². The van der Waals surface area contributed by atoms with Crippen LogP contribution in [0.4, 0.5) is 0 Å². The third-order valence-electron chi connectivity index (χ3n) is 4.54. The van der Waals surface area contributed by atoms with Gasteiger partial charge in [0.2, 0.25) is 0 Å². The Hall–Kier alpha value is -3.05. The maximum Gasteiger partial charge on any atom is 0.335 e. The molecule has 0 saturated heterocycles. The molecule has 0 aliphatic rings. The summed E-state index contributed by atoms with van der Waals surface area (Å²) < 4.78 is 22.0. The van der Waals surface area contributed by atoms with Crippen LogP contribution in [0.15, 0.2) is 65.8 Å². The van der Waals surface area contributed by atoms with Gasteiger partial charge in [0.1, 0.15) is 17.9 Å². The minimum atomic E-state index is -0.596. The molecule has 0 amide bonds. The van der Waals surface area contributed by atoms with E-state index in [0.717, 1.165) is 33.4 Å². The molecular weight excluding hydrogens is 368 g/mol. The highest BCUT2D eigenvalue weighted by molar-refractivity contribution is 5.90. The van der Waals surface area contributed by atoms with E-state index < -0.39 is 6.10 Å². The summed E-state index contributed by atoms with van der Waals surface area (Å²) in [6.07, 6.45) is 1.57. The van der Waals surface area contributed by atoms with Crippen LogP contribution in [-0.4, -0.2) is 31.9 Å². The first-order valence-corrected chi connectivity index (χ1v) is 9.76. The summed E-state index contributed by atoms with van der Waals surface area (Å²) in [5, 5.41) is 1.03. The summed E-state index contributed by atoms with van der Waals surface area (Å²) in [6, 6.07) is 15.5. The highest BCUT2D eigenvalue weighted by Crippen LogP contribution is 2.27. The van der Waals surface area contributed by atoms with Crippen LogP contribution in [0.5, 0.6) is 5.75 Å². The number of carbonyl (C=O) groups excluding carboxylic acids is 1. The Labute approximate surface area is 170 Å². The molecule has 1 unspecified atom stereocenters. The lowest BCUT2D eigenvalue weighted by atomic mass is 10.1. The van der Waals surface area contributed by atoms with Crippen LogP contribution in [0, 0.1) is 0 Å². The summed E-state index contributed by atoms with van der Waals surface area (Å²) in [7, 11) is 0. The average Bonchev–Trinajstić information content (AvgIpc) is 3.17. The smallest absolute Gasteiger partial charge is 0.335 e. The van der Waals surface area contributed by atoms with Gasteiger partial charge in [-0.3, -0.25) is 0 Å². The zero-order valence-electron chi connectivity index (χ0n) is 16.9. The first-order valence-electron chi connectivity index (χ1n) is 9.76. The lowest BCUT2D eigenvalue weighted by Gasteiger charge is -2.16. The third-order valence-corrected chi connectivity index (χ3v) is 4.54. The minimum absolute atomic E-state index is 0.335. The largest absolute Gasteiger partial charge is 0.489 e. The van der Waals surface area contributed by atoms with E-state index in [9.17, 15) is 4.79 Å². The zero-order valence-corrected chi connectivity index (χ0v) is 16.9. The number of ether oxygens (including phenoxy) is 3. The van der Waals surface area contributed by atoms with Crippen LogP contribution in [-0.2, 0) is 20.7 Å². The molecule has 0 saturated carbocycles. The molecule has 1 aromatic heterocycles. The highest BCUT2D eigenvalue weighted by atomic mass is 16.6. The Morgan fingerprint density at radius 3 is 2.55 bits per heavy atom. The number of fused-ring (bicyclic) bond motifs is 1. The van der Waals surface area contributed by atoms with Gasteiger partial charge in [-0.05, 0) is 43.2 Å². The number of hydrogen-bond donors (Lipinski definition) is 0. The number of para-hydroxylation sites is 1. The van der Waals surface area contributed by atoms with Crippen molar-refractivity contribution in [2.45, 2.75) is 26.4 Å². The molecule has 1 atom stereocenters. The van der Waals surface area contributed by atoms with Crippen LogP contribution in [0.1, 0.15) is 25.0 Å². The van der Waals surface area contributed by atoms with E-state index >= 15 is 0 Å². The first kappa shape index (κ1) is 20.7. The van der Waals surface area contributed by atoms with Crippen molar-refractivity contribution in [3.8, 4) is 5.75 Å². The summed E-state index contributed by atoms with van der Waals surface area (Å²) in [5.74, 6) is 0.394. The van der Waals surface area contributed by atoms with Crippen LogP contribution < -0.4 is 4.74 Å². The number of esters is 1. The van der Waals surface area contributed by atoms with Crippen molar-refractivity contribution in [2.24, 2.45) is 0 Å². The SMILES string of the molecule is C=C(COc1ccc(CC(OCC)C(=O)OCC)cc1)c1coc2ccccc12. The van der Waals surface area contributed by atoms with E-state index in [-0.39, 0.29) is 5.97 Å². The van der Waals surface area contributed by atoms with Gasteiger partial charge in [0, 0.05) is 24.0 Å². The number of benzene rings is 2. The Bertz CT molecular complexity index is 955. The molecule has 0 radical (unpaired) electrons. The van der Waals surface area contributed by atoms with E-state index in [2.05, 4.69) is 6.58 Å². The molecule has 0 aliphatic heterocycles. The predicted molar refractivity (Wildman–Crippen MR) is 113 cm³/mol. The fourth-order valence-electron chi connectivity index (χ4n) is 3.08. The van der Waals surface area contributed by atoms with Gasteiger partial charge in [0.05, 0.1) is 12.9 Å². The lowest BCUT2D eigenvalue weighted by Crippen LogP contribution is -2.28. The molecule has 5 nitrogen and oxygen atoms in total. The second-order valence-corrected chi connectivity index (χ2v) is 6.58. The Morgan fingerprint density at radius 2 is 1.83 bits per heavy atom. The molecule has 2 aromatic carbocycles. The summed E-state index contributed by atoms with van der Waals surface area (Å²) >= 11 is 0. The Balaban J connectivity index is 1.58. The topological polar surface area (TPSA) is 57.9 Å². The quantitative estimate of drug-likeness (QED) is 0.451. The molecule has 0 fully saturated rings. The molecule has 0 N–H and O–H groups in total. The molecule has 0 aliphatic carbocycles. The summed E-state index contributed by atoms with van der Waals surface area (Å²) in [4.78, 5) is 12.0. The van der Waals surface area contributed by atoms with Gasteiger partial charge in [-0.2, -0.15) is 0 Å². The van der Waals surface area contributed by atoms with Crippen molar-refractivity contribution >= 4 is 22.5 Å². The highest BCUT2D eigenvalue weighted by Gasteiger charge is 2.20. The number of carbonyl (C=O) groups is 1. The van der Waals surface area contributed by atoms with Crippen molar-refractivity contribution in [1.29, 1.82) is 0 Å². The van der Waals surface area contributed by atoms with Gasteiger partial charge in [-0.1, -0.05) is 36.9 Å². The zero-order chi connectivity index (χ0) is 20.6. The molecule has 3 rings (SSSR count).